The minimum Gasteiger partial charge on any atom is -0.385 e. The first-order valence-electron chi connectivity index (χ1n) is 9.55. The molecule has 3 heteroatoms. The molecule has 1 unspecified atom stereocenters. The number of anilines is 2. The van der Waals surface area contributed by atoms with Crippen molar-refractivity contribution in [1.29, 1.82) is 0 Å². The molecule has 2 aliphatic rings. The summed E-state index contributed by atoms with van der Waals surface area (Å²) in [5, 5.41) is 3.63. The van der Waals surface area contributed by atoms with E-state index in [1.165, 1.54) is 63.0 Å². The highest BCUT2D eigenvalue weighted by Crippen LogP contribution is 2.27. The lowest BCUT2D eigenvalue weighted by Gasteiger charge is -2.29. The first kappa shape index (κ1) is 16.6. The van der Waals surface area contributed by atoms with Crippen LogP contribution in [0.5, 0.6) is 0 Å². The lowest BCUT2D eigenvalue weighted by molar-refractivity contribution is 0.0152. The normalized spacial score (nSPS) is 24.8. The van der Waals surface area contributed by atoms with Crippen molar-refractivity contribution in [2.24, 2.45) is 5.92 Å². The Morgan fingerprint density at radius 3 is 2.61 bits per heavy atom. The molecule has 1 aromatic carbocycles. The van der Waals surface area contributed by atoms with Gasteiger partial charge in [0.15, 0.2) is 0 Å². The predicted octanol–water partition coefficient (Wildman–Crippen LogP) is 4.68. The van der Waals surface area contributed by atoms with Gasteiger partial charge in [0.25, 0.3) is 0 Å². The van der Waals surface area contributed by atoms with Gasteiger partial charge in [-0.15, -0.1) is 0 Å². The SMILES string of the molecule is CCCOC1CCC[C@H](CNc2ccc(N3CCCC3)cc2)C1. The average Bonchev–Trinajstić information content (AvgIpc) is 3.14. The fourth-order valence-corrected chi connectivity index (χ4v) is 3.89. The van der Waals surface area contributed by atoms with Crippen LogP contribution in [0.3, 0.4) is 0 Å². The standard InChI is InChI=1S/C20H32N2O/c1-2-14-23-20-7-5-6-17(15-20)16-21-18-8-10-19(11-9-18)22-12-3-4-13-22/h8-11,17,20-21H,2-7,12-16H2,1H3/t17-,20?/m0/s1. The van der Waals surface area contributed by atoms with Crippen LogP contribution in [0, 0.1) is 5.92 Å². The summed E-state index contributed by atoms with van der Waals surface area (Å²) >= 11 is 0. The van der Waals surface area contributed by atoms with Gasteiger partial charge in [-0.25, -0.2) is 0 Å². The van der Waals surface area contributed by atoms with Crippen molar-refractivity contribution in [2.75, 3.05) is 36.5 Å². The van der Waals surface area contributed by atoms with E-state index in [0.717, 1.165) is 25.5 Å². The average molecular weight is 316 g/mol. The van der Waals surface area contributed by atoms with Crippen molar-refractivity contribution in [3.05, 3.63) is 24.3 Å². The molecule has 3 nitrogen and oxygen atoms in total. The third-order valence-corrected chi connectivity index (χ3v) is 5.23. The van der Waals surface area contributed by atoms with Gasteiger partial charge in [-0.05, 0) is 68.7 Å². The Labute approximate surface area is 141 Å². The Hall–Kier alpha value is -1.22. The number of nitrogens with one attached hydrogen (secondary N) is 1. The summed E-state index contributed by atoms with van der Waals surface area (Å²) in [6.07, 6.45) is 9.42. The highest BCUT2D eigenvalue weighted by molar-refractivity contribution is 5.55. The maximum Gasteiger partial charge on any atom is 0.0578 e. The Kier molecular flexibility index (Phi) is 6.21. The fraction of sp³-hybridized carbons (Fsp3) is 0.700. The van der Waals surface area contributed by atoms with E-state index in [-0.39, 0.29) is 0 Å². The molecule has 1 heterocycles. The molecule has 1 aromatic rings. The summed E-state index contributed by atoms with van der Waals surface area (Å²) in [6.45, 7) is 6.62. The van der Waals surface area contributed by atoms with Gasteiger partial charge in [0.2, 0.25) is 0 Å². The molecule has 0 radical (unpaired) electrons. The summed E-state index contributed by atoms with van der Waals surface area (Å²) in [5.74, 6) is 0.754. The minimum absolute atomic E-state index is 0.494. The second-order valence-corrected chi connectivity index (χ2v) is 7.15. The zero-order valence-electron chi connectivity index (χ0n) is 14.6. The molecule has 2 atom stereocenters. The maximum absolute atomic E-state index is 5.95. The molecule has 23 heavy (non-hydrogen) atoms. The quantitative estimate of drug-likeness (QED) is 0.790. The van der Waals surface area contributed by atoms with Crippen LogP contribution in [-0.2, 0) is 4.74 Å². The summed E-state index contributed by atoms with van der Waals surface area (Å²) in [5.41, 5.74) is 2.63. The van der Waals surface area contributed by atoms with Crippen molar-refractivity contribution < 1.29 is 4.74 Å². The van der Waals surface area contributed by atoms with Crippen LogP contribution in [0.25, 0.3) is 0 Å². The number of ether oxygens (including phenoxy) is 1. The zero-order chi connectivity index (χ0) is 15.9. The van der Waals surface area contributed by atoms with Crippen molar-refractivity contribution in [3.63, 3.8) is 0 Å². The molecule has 0 spiro atoms. The van der Waals surface area contributed by atoms with Crippen LogP contribution in [0.15, 0.2) is 24.3 Å². The van der Waals surface area contributed by atoms with E-state index in [2.05, 4.69) is 41.4 Å². The number of nitrogens with zero attached hydrogens (tertiary/aromatic N) is 1. The van der Waals surface area contributed by atoms with E-state index in [1.54, 1.807) is 0 Å². The van der Waals surface area contributed by atoms with E-state index >= 15 is 0 Å². The largest absolute Gasteiger partial charge is 0.385 e. The molecule has 2 fully saturated rings. The van der Waals surface area contributed by atoms with Gasteiger partial charge < -0.3 is 15.0 Å². The summed E-state index contributed by atoms with van der Waals surface area (Å²) < 4.78 is 5.95. The van der Waals surface area contributed by atoms with Crippen LogP contribution in [0.4, 0.5) is 11.4 Å². The Balaban J connectivity index is 1.44. The van der Waals surface area contributed by atoms with Crippen molar-refractivity contribution in [3.8, 4) is 0 Å². The molecule has 1 N–H and O–H groups in total. The van der Waals surface area contributed by atoms with Crippen LogP contribution >= 0.6 is 0 Å². The zero-order valence-corrected chi connectivity index (χ0v) is 14.6. The van der Waals surface area contributed by atoms with Gasteiger partial charge in [0.05, 0.1) is 6.10 Å². The van der Waals surface area contributed by atoms with Crippen molar-refractivity contribution >= 4 is 11.4 Å². The van der Waals surface area contributed by atoms with E-state index in [4.69, 9.17) is 4.74 Å². The lowest BCUT2D eigenvalue weighted by atomic mass is 9.87. The van der Waals surface area contributed by atoms with Gasteiger partial charge >= 0.3 is 0 Å². The molecular weight excluding hydrogens is 284 g/mol. The third kappa shape index (κ3) is 4.87. The fourth-order valence-electron chi connectivity index (χ4n) is 3.89. The number of hydrogen-bond acceptors (Lipinski definition) is 3. The van der Waals surface area contributed by atoms with Gasteiger partial charge in [-0.1, -0.05) is 13.3 Å². The molecule has 0 aromatic heterocycles. The monoisotopic (exact) mass is 316 g/mol. The van der Waals surface area contributed by atoms with Gasteiger partial charge in [0, 0.05) is 37.6 Å². The third-order valence-electron chi connectivity index (χ3n) is 5.23. The second kappa shape index (κ2) is 8.58. The molecule has 1 saturated carbocycles. The maximum atomic E-state index is 5.95. The van der Waals surface area contributed by atoms with Crippen molar-refractivity contribution in [1.82, 2.24) is 0 Å². The molecule has 1 aliphatic heterocycles. The van der Waals surface area contributed by atoms with Crippen LogP contribution < -0.4 is 10.2 Å². The van der Waals surface area contributed by atoms with E-state index in [0.29, 0.717) is 6.10 Å². The highest BCUT2D eigenvalue weighted by atomic mass is 16.5. The summed E-state index contributed by atoms with van der Waals surface area (Å²) in [6, 6.07) is 9.01. The number of benzene rings is 1. The smallest absolute Gasteiger partial charge is 0.0578 e. The Bertz CT molecular complexity index is 453. The Morgan fingerprint density at radius 2 is 1.87 bits per heavy atom. The summed E-state index contributed by atoms with van der Waals surface area (Å²) in [4.78, 5) is 2.49. The highest BCUT2D eigenvalue weighted by Gasteiger charge is 2.22. The topological polar surface area (TPSA) is 24.5 Å². The van der Waals surface area contributed by atoms with Gasteiger partial charge in [0.1, 0.15) is 0 Å². The molecule has 128 valence electrons. The van der Waals surface area contributed by atoms with Crippen LogP contribution in [0.2, 0.25) is 0 Å². The van der Waals surface area contributed by atoms with Crippen LogP contribution in [-0.4, -0.2) is 32.3 Å². The van der Waals surface area contributed by atoms with E-state index in [9.17, 15) is 0 Å². The van der Waals surface area contributed by atoms with E-state index < -0.39 is 0 Å². The molecule has 0 bridgehead atoms. The van der Waals surface area contributed by atoms with E-state index in [1.807, 2.05) is 0 Å². The molecule has 1 saturated heterocycles. The number of hydrogen-bond donors (Lipinski definition) is 1. The summed E-state index contributed by atoms with van der Waals surface area (Å²) in [7, 11) is 0. The van der Waals surface area contributed by atoms with Gasteiger partial charge in [-0.3, -0.25) is 0 Å². The first-order chi connectivity index (χ1) is 11.3. The molecule has 3 rings (SSSR count). The predicted molar refractivity (Wildman–Crippen MR) is 98.4 cm³/mol. The van der Waals surface area contributed by atoms with Crippen molar-refractivity contribution in [2.45, 2.75) is 58.0 Å². The lowest BCUT2D eigenvalue weighted by Crippen LogP contribution is -2.27. The minimum atomic E-state index is 0.494. The van der Waals surface area contributed by atoms with Crippen LogP contribution in [0.1, 0.15) is 51.9 Å². The molecule has 0 amide bonds. The molecule has 1 aliphatic carbocycles. The van der Waals surface area contributed by atoms with Gasteiger partial charge in [-0.2, -0.15) is 0 Å². The first-order valence-corrected chi connectivity index (χ1v) is 9.55. The number of rotatable bonds is 7. The molecular formula is C20H32N2O. The Morgan fingerprint density at radius 1 is 1.09 bits per heavy atom. The second-order valence-electron chi connectivity index (χ2n) is 7.15.